The van der Waals surface area contributed by atoms with Crippen molar-refractivity contribution in [3.05, 3.63) is 41.1 Å². The molecule has 1 aliphatic rings. The van der Waals surface area contributed by atoms with Crippen LogP contribution in [0.1, 0.15) is 41.9 Å². The van der Waals surface area contributed by atoms with Crippen LogP contribution in [-0.2, 0) is 27.1 Å². The maximum atomic E-state index is 12.8. The number of imide groups is 1. The average molecular weight is 370 g/mol. The van der Waals surface area contributed by atoms with Crippen molar-refractivity contribution in [2.45, 2.75) is 33.1 Å². The lowest BCUT2D eigenvalue weighted by molar-refractivity contribution is -0.123. The molecule has 3 rings (SSSR count). The molecule has 0 aliphatic heterocycles. The molecule has 1 aromatic carbocycles. The summed E-state index contributed by atoms with van der Waals surface area (Å²) in [5.41, 5.74) is 3.00. The number of pyridine rings is 1. The number of rotatable bonds is 4. The number of nitrogens with zero attached hydrogens (tertiary/aromatic N) is 1. The predicted molar refractivity (Wildman–Crippen MR) is 98.4 cm³/mol. The molecular formula is C20H22N2O5. The number of aryl methyl sites for hydroxylation is 1. The van der Waals surface area contributed by atoms with Gasteiger partial charge in [-0.2, -0.15) is 0 Å². The number of fused-ring (bicyclic) bond motifs is 2. The van der Waals surface area contributed by atoms with E-state index in [-0.39, 0.29) is 6.61 Å². The van der Waals surface area contributed by atoms with Gasteiger partial charge in [-0.05, 0) is 43.7 Å². The molecule has 1 heterocycles. The van der Waals surface area contributed by atoms with Gasteiger partial charge in [0.25, 0.3) is 5.91 Å². The summed E-state index contributed by atoms with van der Waals surface area (Å²) < 4.78 is 9.82. The van der Waals surface area contributed by atoms with Crippen molar-refractivity contribution >= 4 is 28.9 Å². The van der Waals surface area contributed by atoms with Crippen LogP contribution in [0.2, 0.25) is 0 Å². The van der Waals surface area contributed by atoms with Crippen molar-refractivity contribution < 1.29 is 23.9 Å². The topological polar surface area (TPSA) is 94.6 Å². The van der Waals surface area contributed by atoms with Gasteiger partial charge >= 0.3 is 12.1 Å². The Kier molecular flexibility index (Phi) is 5.69. The Labute approximate surface area is 157 Å². The molecule has 142 valence electrons. The van der Waals surface area contributed by atoms with E-state index in [1.165, 1.54) is 0 Å². The minimum atomic E-state index is -0.862. The third-order valence-electron chi connectivity index (χ3n) is 4.56. The second kappa shape index (κ2) is 8.16. The van der Waals surface area contributed by atoms with E-state index < -0.39 is 24.6 Å². The minimum Gasteiger partial charge on any atom is -0.452 e. The number of esters is 1. The standard InChI is InChI=1S/C20H22N2O5/c1-3-26-20(25)22-17(23)11-27-19(24)18-13-6-4-5-7-15(13)21-16-9-8-12(2)10-14(16)18/h4-7,12H,3,8-11H2,1-2H3,(H,22,23,25)/t12-/m0/s1. The lowest BCUT2D eigenvalue weighted by Gasteiger charge is -2.24. The van der Waals surface area contributed by atoms with Crippen LogP contribution >= 0.6 is 0 Å². The summed E-state index contributed by atoms with van der Waals surface area (Å²) in [6.45, 7) is 3.35. The van der Waals surface area contributed by atoms with Crippen LogP contribution in [0.4, 0.5) is 4.79 Å². The zero-order valence-electron chi connectivity index (χ0n) is 15.4. The Bertz CT molecular complexity index is 893. The summed E-state index contributed by atoms with van der Waals surface area (Å²) in [4.78, 5) is 40.5. The van der Waals surface area contributed by atoms with Gasteiger partial charge in [-0.1, -0.05) is 25.1 Å². The second-order valence-corrected chi connectivity index (χ2v) is 6.62. The van der Waals surface area contributed by atoms with Gasteiger partial charge < -0.3 is 9.47 Å². The van der Waals surface area contributed by atoms with Gasteiger partial charge in [-0.3, -0.25) is 15.1 Å². The maximum absolute atomic E-state index is 12.8. The lowest BCUT2D eigenvalue weighted by Crippen LogP contribution is -2.34. The first kappa shape index (κ1) is 18.8. The number of aromatic nitrogens is 1. The average Bonchev–Trinajstić information content (AvgIpc) is 2.64. The van der Waals surface area contributed by atoms with Crippen LogP contribution in [0.25, 0.3) is 10.9 Å². The monoisotopic (exact) mass is 370 g/mol. The zero-order chi connectivity index (χ0) is 19.4. The SMILES string of the molecule is CCOC(=O)NC(=O)COC(=O)c1c2c(nc3ccccc13)CC[C@H](C)C2. The number of para-hydroxylation sites is 1. The number of ether oxygens (including phenoxy) is 2. The molecule has 0 fully saturated rings. The van der Waals surface area contributed by atoms with Crippen LogP contribution in [0.5, 0.6) is 0 Å². The van der Waals surface area contributed by atoms with Gasteiger partial charge in [-0.15, -0.1) is 0 Å². The van der Waals surface area contributed by atoms with Crippen molar-refractivity contribution in [2.24, 2.45) is 5.92 Å². The summed E-state index contributed by atoms with van der Waals surface area (Å²) >= 11 is 0. The molecule has 27 heavy (non-hydrogen) atoms. The van der Waals surface area contributed by atoms with Crippen molar-refractivity contribution in [1.29, 1.82) is 0 Å². The zero-order valence-corrected chi connectivity index (χ0v) is 15.4. The Balaban J connectivity index is 1.84. The van der Waals surface area contributed by atoms with E-state index in [1.807, 2.05) is 29.6 Å². The number of nitrogens with one attached hydrogen (secondary N) is 1. The molecule has 0 radical (unpaired) electrons. The summed E-state index contributed by atoms with van der Waals surface area (Å²) in [5, 5.41) is 2.71. The van der Waals surface area contributed by atoms with Gasteiger partial charge in [0.05, 0.1) is 17.7 Å². The van der Waals surface area contributed by atoms with Gasteiger partial charge in [0.2, 0.25) is 0 Å². The molecule has 1 N–H and O–H groups in total. The molecule has 0 saturated heterocycles. The van der Waals surface area contributed by atoms with E-state index in [0.717, 1.165) is 36.0 Å². The molecule has 1 aromatic heterocycles. The number of carbonyl (C=O) groups excluding carboxylic acids is 3. The summed E-state index contributed by atoms with van der Waals surface area (Å²) in [7, 11) is 0. The van der Waals surface area contributed by atoms with E-state index in [1.54, 1.807) is 6.92 Å². The van der Waals surface area contributed by atoms with Gasteiger partial charge in [0.15, 0.2) is 6.61 Å². The molecule has 0 saturated carbocycles. The van der Waals surface area contributed by atoms with Crippen molar-refractivity contribution in [3.8, 4) is 0 Å². The number of hydrogen-bond acceptors (Lipinski definition) is 6. The molecular weight excluding hydrogens is 348 g/mol. The fourth-order valence-corrected chi connectivity index (χ4v) is 3.32. The number of hydrogen-bond donors (Lipinski definition) is 1. The third kappa shape index (κ3) is 4.24. The van der Waals surface area contributed by atoms with Crippen molar-refractivity contribution in [1.82, 2.24) is 10.3 Å². The van der Waals surface area contributed by atoms with Crippen LogP contribution < -0.4 is 5.32 Å². The quantitative estimate of drug-likeness (QED) is 0.832. The molecule has 2 aromatic rings. The van der Waals surface area contributed by atoms with Crippen LogP contribution in [0, 0.1) is 5.92 Å². The molecule has 7 heteroatoms. The maximum Gasteiger partial charge on any atom is 0.413 e. The smallest absolute Gasteiger partial charge is 0.413 e. The number of alkyl carbamates (subject to hydrolysis) is 1. The van der Waals surface area contributed by atoms with Crippen LogP contribution in [-0.4, -0.2) is 36.2 Å². The van der Waals surface area contributed by atoms with Crippen molar-refractivity contribution in [2.75, 3.05) is 13.2 Å². The van der Waals surface area contributed by atoms with Crippen LogP contribution in [0.15, 0.2) is 24.3 Å². The summed E-state index contributed by atoms with van der Waals surface area (Å²) in [5.74, 6) is -0.875. The first-order valence-electron chi connectivity index (χ1n) is 9.03. The minimum absolute atomic E-state index is 0.145. The highest BCUT2D eigenvalue weighted by Gasteiger charge is 2.26. The highest BCUT2D eigenvalue weighted by molar-refractivity contribution is 6.06. The van der Waals surface area contributed by atoms with Crippen molar-refractivity contribution in [3.63, 3.8) is 0 Å². The fraction of sp³-hybridized carbons (Fsp3) is 0.400. The lowest BCUT2D eigenvalue weighted by atomic mass is 9.84. The third-order valence-corrected chi connectivity index (χ3v) is 4.56. The Hall–Kier alpha value is -2.96. The number of amides is 2. The van der Waals surface area contributed by atoms with E-state index in [4.69, 9.17) is 9.72 Å². The van der Waals surface area contributed by atoms with E-state index >= 15 is 0 Å². The largest absolute Gasteiger partial charge is 0.452 e. The Morgan fingerprint density at radius 2 is 2.00 bits per heavy atom. The highest BCUT2D eigenvalue weighted by atomic mass is 16.6. The molecule has 2 amide bonds. The van der Waals surface area contributed by atoms with Gasteiger partial charge in [-0.25, -0.2) is 9.59 Å². The molecule has 0 unspecified atom stereocenters. The number of carbonyl (C=O) groups is 3. The summed E-state index contributed by atoms with van der Waals surface area (Å²) in [6, 6.07) is 7.40. The molecule has 1 aliphatic carbocycles. The number of benzene rings is 1. The Morgan fingerprint density at radius 3 is 2.78 bits per heavy atom. The normalized spacial score (nSPS) is 15.7. The first-order valence-corrected chi connectivity index (χ1v) is 9.03. The van der Waals surface area contributed by atoms with Gasteiger partial charge in [0.1, 0.15) is 0 Å². The summed E-state index contributed by atoms with van der Waals surface area (Å²) in [6.07, 6.45) is 1.71. The van der Waals surface area contributed by atoms with E-state index in [2.05, 4.69) is 11.7 Å². The second-order valence-electron chi connectivity index (χ2n) is 6.62. The molecule has 1 atom stereocenters. The predicted octanol–water partition coefficient (Wildman–Crippen LogP) is 2.79. The fourth-order valence-electron chi connectivity index (χ4n) is 3.32. The van der Waals surface area contributed by atoms with Gasteiger partial charge in [0, 0.05) is 11.1 Å². The van der Waals surface area contributed by atoms with E-state index in [0.29, 0.717) is 16.9 Å². The van der Waals surface area contributed by atoms with Crippen LogP contribution in [0.3, 0.4) is 0 Å². The first-order chi connectivity index (χ1) is 13.0. The molecule has 0 bridgehead atoms. The molecule has 7 nitrogen and oxygen atoms in total. The Morgan fingerprint density at radius 1 is 1.22 bits per heavy atom. The highest BCUT2D eigenvalue weighted by Crippen LogP contribution is 2.31. The molecule has 0 spiro atoms. The van der Waals surface area contributed by atoms with E-state index in [9.17, 15) is 14.4 Å².